The number of aryl methyl sites for hydroxylation is 1. The smallest absolute Gasteiger partial charge is 0.224 e. The minimum Gasteiger partial charge on any atom is -0.354 e. The lowest BCUT2D eigenvalue weighted by atomic mass is 10.1. The molecule has 9 heteroatoms. The van der Waals surface area contributed by atoms with E-state index in [0.717, 1.165) is 16.7 Å². The molecule has 3 N–H and O–H groups in total. The number of nitrogens with one attached hydrogen (secondary N) is 3. The number of carbonyl (C=O) groups is 2. The van der Waals surface area contributed by atoms with Crippen molar-refractivity contribution >= 4 is 24.0 Å². The number of aromatic amines is 1. The molecule has 0 saturated carbocycles. The van der Waals surface area contributed by atoms with Gasteiger partial charge in [0.05, 0.1) is 6.42 Å². The fourth-order valence-electron chi connectivity index (χ4n) is 3.00. The Balaban J connectivity index is 1.41. The number of aromatic nitrogens is 3. The summed E-state index contributed by atoms with van der Waals surface area (Å²) in [6.45, 7) is 3.03. The third kappa shape index (κ3) is 6.58. The van der Waals surface area contributed by atoms with Gasteiger partial charge in [-0.1, -0.05) is 42.0 Å². The van der Waals surface area contributed by atoms with E-state index in [1.807, 2.05) is 31.2 Å². The van der Waals surface area contributed by atoms with Gasteiger partial charge in [-0.3, -0.25) is 19.3 Å². The van der Waals surface area contributed by atoms with Gasteiger partial charge in [0.25, 0.3) is 0 Å². The summed E-state index contributed by atoms with van der Waals surface area (Å²) in [5, 5.41) is 12.6. The standard InChI is InChI=1S/C22H24FN5O2S/c1-15-2-6-17(7-3-15)21-26-27-22(31)28(21)13-10-19(29)24-11-12-25-20(30)14-16-4-8-18(23)9-5-16/h2-9H,10-14H2,1H3,(H,24,29)(H,25,30)(H,27,31). The van der Waals surface area contributed by atoms with Crippen molar-refractivity contribution in [1.82, 2.24) is 25.4 Å². The van der Waals surface area contributed by atoms with Gasteiger partial charge in [-0.25, -0.2) is 4.39 Å². The van der Waals surface area contributed by atoms with E-state index >= 15 is 0 Å². The zero-order valence-electron chi connectivity index (χ0n) is 17.2. The first-order valence-corrected chi connectivity index (χ1v) is 10.3. The van der Waals surface area contributed by atoms with E-state index in [0.29, 0.717) is 30.2 Å². The quantitative estimate of drug-likeness (QED) is 0.352. The first kappa shape index (κ1) is 22.4. The van der Waals surface area contributed by atoms with Gasteiger partial charge in [-0.05, 0) is 36.8 Å². The predicted octanol–water partition coefficient (Wildman–Crippen LogP) is 2.92. The summed E-state index contributed by atoms with van der Waals surface area (Å²) in [5.74, 6) is 0.0134. The van der Waals surface area contributed by atoms with Crippen LogP contribution in [0.2, 0.25) is 0 Å². The zero-order chi connectivity index (χ0) is 22.2. The molecule has 0 fully saturated rings. The number of rotatable bonds is 9. The number of amides is 2. The minimum atomic E-state index is -0.338. The fraction of sp³-hybridized carbons (Fsp3) is 0.273. The van der Waals surface area contributed by atoms with Crippen LogP contribution in [0.4, 0.5) is 4.39 Å². The van der Waals surface area contributed by atoms with Crippen LogP contribution in [0.5, 0.6) is 0 Å². The molecule has 162 valence electrons. The first-order chi connectivity index (χ1) is 14.9. The Labute approximate surface area is 184 Å². The van der Waals surface area contributed by atoms with Gasteiger partial charge < -0.3 is 10.6 Å². The maximum atomic E-state index is 12.9. The van der Waals surface area contributed by atoms with Crippen LogP contribution >= 0.6 is 12.2 Å². The molecule has 7 nitrogen and oxygen atoms in total. The fourth-order valence-corrected chi connectivity index (χ4v) is 3.23. The molecule has 0 bridgehead atoms. The summed E-state index contributed by atoms with van der Waals surface area (Å²) < 4.78 is 15.1. The molecule has 31 heavy (non-hydrogen) atoms. The second-order valence-electron chi connectivity index (χ2n) is 7.12. The maximum absolute atomic E-state index is 12.9. The minimum absolute atomic E-state index is 0.147. The highest BCUT2D eigenvalue weighted by Gasteiger charge is 2.11. The van der Waals surface area contributed by atoms with Crippen LogP contribution in [-0.2, 0) is 22.6 Å². The van der Waals surface area contributed by atoms with Gasteiger partial charge in [0.15, 0.2) is 10.6 Å². The second-order valence-corrected chi connectivity index (χ2v) is 7.51. The Hall–Kier alpha value is -3.33. The molecule has 0 radical (unpaired) electrons. The molecular weight excluding hydrogens is 417 g/mol. The summed E-state index contributed by atoms with van der Waals surface area (Å²) >= 11 is 5.29. The SMILES string of the molecule is Cc1ccc(-c2n[nH]c(=S)n2CCC(=O)NCCNC(=O)Cc2ccc(F)cc2)cc1. The average molecular weight is 442 g/mol. The molecule has 3 rings (SSSR count). The summed E-state index contributed by atoms with van der Waals surface area (Å²) in [6, 6.07) is 13.7. The largest absolute Gasteiger partial charge is 0.354 e. The molecule has 2 amide bonds. The van der Waals surface area contributed by atoms with E-state index in [1.54, 1.807) is 16.7 Å². The normalized spacial score (nSPS) is 10.6. The highest BCUT2D eigenvalue weighted by molar-refractivity contribution is 7.71. The van der Waals surface area contributed by atoms with Crippen molar-refractivity contribution in [2.75, 3.05) is 13.1 Å². The first-order valence-electron chi connectivity index (χ1n) is 9.92. The highest BCUT2D eigenvalue weighted by Crippen LogP contribution is 2.18. The topological polar surface area (TPSA) is 91.8 Å². The Bertz CT molecular complexity index is 1090. The van der Waals surface area contributed by atoms with Gasteiger partial charge >= 0.3 is 0 Å². The Morgan fingerprint density at radius 1 is 1.03 bits per heavy atom. The Kier molecular flexibility index (Phi) is 7.66. The van der Waals surface area contributed by atoms with E-state index in [-0.39, 0.29) is 30.5 Å². The summed E-state index contributed by atoms with van der Waals surface area (Å²) in [5.41, 5.74) is 2.79. The van der Waals surface area contributed by atoms with Gasteiger partial charge in [-0.15, -0.1) is 0 Å². The van der Waals surface area contributed by atoms with Crippen LogP contribution in [0.15, 0.2) is 48.5 Å². The second kappa shape index (κ2) is 10.6. The van der Waals surface area contributed by atoms with Gasteiger partial charge in [0.2, 0.25) is 11.8 Å². The molecule has 0 unspecified atom stereocenters. The molecule has 0 saturated heterocycles. The molecule has 0 atom stereocenters. The number of benzene rings is 2. The molecule has 1 aromatic heterocycles. The average Bonchev–Trinajstić information content (AvgIpc) is 3.12. The molecule has 0 aliphatic carbocycles. The lowest BCUT2D eigenvalue weighted by Crippen LogP contribution is -2.35. The maximum Gasteiger partial charge on any atom is 0.224 e. The molecule has 0 spiro atoms. The summed E-state index contributed by atoms with van der Waals surface area (Å²) in [6.07, 6.45) is 0.394. The van der Waals surface area contributed by atoms with Crippen LogP contribution in [0, 0.1) is 17.5 Å². The summed E-state index contributed by atoms with van der Waals surface area (Å²) in [7, 11) is 0. The third-order valence-electron chi connectivity index (χ3n) is 4.68. The van der Waals surface area contributed by atoms with Crippen LogP contribution in [0.25, 0.3) is 11.4 Å². The molecule has 0 aliphatic rings. The van der Waals surface area contributed by atoms with E-state index < -0.39 is 0 Å². The zero-order valence-corrected chi connectivity index (χ0v) is 18.0. The van der Waals surface area contributed by atoms with Gasteiger partial charge in [-0.2, -0.15) is 5.10 Å². The van der Waals surface area contributed by atoms with Gasteiger partial charge in [0.1, 0.15) is 5.82 Å². The molecule has 2 aromatic carbocycles. The van der Waals surface area contributed by atoms with Crippen molar-refractivity contribution in [3.63, 3.8) is 0 Å². The predicted molar refractivity (Wildman–Crippen MR) is 118 cm³/mol. The number of hydrogen-bond donors (Lipinski definition) is 3. The number of hydrogen-bond acceptors (Lipinski definition) is 4. The number of halogens is 1. The molecule has 3 aromatic rings. The van der Waals surface area contributed by atoms with Crippen molar-refractivity contribution < 1.29 is 14.0 Å². The molecule has 0 aliphatic heterocycles. The number of nitrogens with zero attached hydrogens (tertiary/aromatic N) is 2. The molecule has 1 heterocycles. The monoisotopic (exact) mass is 441 g/mol. The Morgan fingerprint density at radius 3 is 2.35 bits per heavy atom. The van der Waals surface area contributed by atoms with Crippen molar-refractivity contribution in [3.8, 4) is 11.4 Å². The van der Waals surface area contributed by atoms with E-state index in [2.05, 4.69) is 20.8 Å². The van der Waals surface area contributed by atoms with E-state index in [9.17, 15) is 14.0 Å². The third-order valence-corrected chi connectivity index (χ3v) is 4.99. The van der Waals surface area contributed by atoms with Crippen LogP contribution in [0.1, 0.15) is 17.5 Å². The number of H-pyrrole nitrogens is 1. The lowest BCUT2D eigenvalue weighted by Gasteiger charge is -2.09. The van der Waals surface area contributed by atoms with Gasteiger partial charge in [0, 0.05) is 31.6 Å². The van der Waals surface area contributed by atoms with Crippen LogP contribution in [0.3, 0.4) is 0 Å². The van der Waals surface area contributed by atoms with E-state index in [4.69, 9.17) is 12.2 Å². The number of carbonyl (C=O) groups excluding carboxylic acids is 2. The van der Waals surface area contributed by atoms with E-state index in [1.165, 1.54) is 12.1 Å². The van der Waals surface area contributed by atoms with Crippen molar-refractivity contribution in [3.05, 3.63) is 70.2 Å². The van der Waals surface area contributed by atoms with Crippen LogP contribution in [-0.4, -0.2) is 39.7 Å². The summed E-state index contributed by atoms with van der Waals surface area (Å²) in [4.78, 5) is 24.1. The van der Waals surface area contributed by atoms with Crippen molar-refractivity contribution in [2.24, 2.45) is 0 Å². The lowest BCUT2D eigenvalue weighted by molar-refractivity contribution is -0.122. The highest BCUT2D eigenvalue weighted by atomic mass is 32.1. The van der Waals surface area contributed by atoms with Crippen molar-refractivity contribution in [1.29, 1.82) is 0 Å². The Morgan fingerprint density at radius 2 is 1.68 bits per heavy atom. The van der Waals surface area contributed by atoms with Crippen LogP contribution < -0.4 is 10.6 Å². The van der Waals surface area contributed by atoms with Crippen molar-refractivity contribution in [2.45, 2.75) is 26.3 Å². The molecular formula is C22H24FN5O2S.